The highest BCUT2D eigenvalue weighted by Gasteiger charge is 2.26. The molecular weight excluding hydrogens is 462 g/mol. The van der Waals surface area contributed by atoms with Crippen molar-refractivity contribution in [2.24, 2.45) is 5.10 Å². The lowest BCUT2D eigenvalue weighted by Crippen LogP contribution is -2.18. The summed E-state index contributed by atoms with van der Waals surface area (Å²) >= 11 is 4.96. The number of carbonyl (C=O) groups is 1. The number of nitrogens with one attached hydrogen (secondary N) is 2. The molecule has 1 aliphatic heterocycles. The SMILES string of the molecule is Cc1ccc(C(COC2=C(c3cccs3)C(=O)NC2)=NNc2ccc(Br)cc2)cc1. The van der Waals surface area contributed by atoms with Crippen LogP contribution in [0.3, 0.4) is 0 Å². The van der Waals surface area contributed by atoms with E-state index in [0.717, 1.165) is 26.3 Å². The van der Waals surface area contributed by atoms with Gasteiger partial charge in [0.05, 0.1) is 17.8 Å². The number of nitrogens with zero attached hydrogens (tertiary/aromatic N) is 1. The first-order valence-electron chi connectivity index (χ1n) is 9.43. The molecule has 30 heavy (non-hydrogen) atoms. The van der Waals surface area contributed by atoms with E-state index in [2.05, 4.69) is 31.8 Å². The summed E-state index contributed by atoms with van der Waals surface area (Å²) in [5.41, 5.74) is 7.46. The minimum atomic E-state index is -0.103. The number of hydrogen-bond donors (Lipinski definition) is 2. The summed E-state index contributed by atoms with van der Waals surface area (Å²) in [5, 5.41) is 9.39. The first kappa shape index (κ1) is 20.4. The molecule has 0 aliphatic carbocycles. The van der Waals surface area contributed by atoms with E-state index in [1.54, 1.807) is 0 Å². The maximum absolute atomic E-state index is 12.3. The molecule has 2 aromatic carbocycles. The Hall–Kier alpha value is -2.90. The molecule has 5 nitrogen and oxygen atoms in total. The van der Waals surface area contributed by atoms with Gasteiger partial charge >= 0.3 is 0 Å². The lowest BCUT2D eigenvalue weighted by atomic mass is 10.1. The van der Waals surface area contributed by atoms with Crippen LogP contribution in [-0.4, -0.2) is 24.8 Å². The Bertz CT molecular complexity index is 1090. The molecule has 0 saturated heterocycles. The molecule has 0 unspecified atom stereocenters. The Kier molecular flexibility index (Phi) is 6.30. The van der Waals surface area contributed by atoms with Gasteiger partial charge in [-0.1, -0.05) is 51.8 Å². The number of anilines is 1. The number of rotatable bonds is 7. The quantitative estimate of drug-likeness (QED) is 0.360. The zero-order chi connectivity index (χ0) is 20.9. The number of benzene rings is 2. The minimum absolute atomic E-state index is 0.103. The third-order valence-corrected chi connectivity index (χ3v) is 6.03. The summed E-state index contributed by atoms with van der Waals surface area (Å²) in [6, 6.07) is 19.8. The monoisotopic (exact) mass is 481 g/mol. The van der Waals surface area contributed by atoms with Crippen molar-refractivity contribution >= 4 is 50.1 Å². The number of halogens is 1. The Morgan fingerprint density at radius 3 is 2.63 bits per heavy atom. The van der Waals surface area contributed by atoms with Gasteiger partial charge in [0.2, 0.25) is 0 Å². The number of aryl methyl sites for hydroxylation is 1. The molecule has 4 rings (SSSR count). The molecule has 1 aromatic heterocycles. The molecule has 0 fully saturated rings. The second kappa shape index (κ2) is 9.28. The maximum Gasteiger partial charge on any atom is 0.256 e. The van der Waals surface area contributed by atoms with E-state index in [0.29, 0.717) is 17.9 Å². The Morgan fingerprint density at radius 2 is 1.93 bits per heavy atom. The summed E-state index contributed by atoms with van der Waals surface area (Å²) in [5.74, 6) is 0.542. The van der Waals surface area contributed by atoms with Gasteiger partial charge in [0.25, 0.3) is 5.91 Å². The van der Waals surface area contributed by atoms with Crippen molar-refractivity contribution in [3.63, 3.8) is 0 Å². The van der Waals surface area contributed by atoms with E-state index < -0.39 is 0 Å². The van der Waals surface area contributed by atoms with E-state index in [-0.39, 0.29) is 12.5 Å². The van der Waals surface area contributed by atoms with Crippen molar-refractivity contribution in [1.29, 1.82) is 0 Å². The van der Waals surface area contributed by atoms with Crippen molar-refractivity contribution < 1.29 is 9.53 Å². The van der Waals surface area contributed by atoms with Gasteiger partial charge in [0.15, 0.2) is 0 Å². The molecule has 2 heterocycles. The van der Waals surface area contributed by atoms with E-state index in [4.69, 9.17) is 4.74 Å². The molecule has 2 N–H and O–H groups in total. The molecule has 0 bridgehead atoms. The van der Waals surface area contributed by atoms with Gasteiger partial charge in [-0.15, -0.1) is 11.3 Å². The molecule has 0 radical (unpaired) electrons. The van der Waals surface area contributed by atoms with Crippen molar-refractivity contribution in [3.05, 3.63) is 92.3 Å². The van der Waals surface area contributed by atoms with E-state index in [9.17, 15) is 4.79 Å². The lowest BCUT2D eigenvalue weighted by molar-refractivity contribution is -0.114. The van der Waals surface area contributed by atoms with Crippen LogP contribution in [0, 0.1) is 6.92 Å². The predicted octanol–water partition coefficient (Wildman–Crippen LogP) is 5.19. The molecule has 1 aliphatic rings. The molecule has 1 amide bonds. The fourth-order valence-electron chi connectivity index (χ4n) is 3.00. The van der Waals surface area contributed by atoms with Crippen LogP contribution in [-0.2, 0) is 9.53 Å². The third-order valence-electron chi connectivity index (χ3n) is 4.62. The average molecular weight is 482 g/mol. The standard InChI is InChI=1S/C23H20BrN3O2S/c1-15-4-6-16(7-5-15)19(27-26-18-10-8-17(24)9-11-18)14-29-20-13-25-23(28)22(20)21-3-2-12-30-21/h2-12,26H,13-14H2,1H3,(H,25,28). The van der Waals surface area contributed by atoms with Crippen LogP contribution in [0.25, 0.3) is 5.57 Å². The number of hydrazone groups is 1. The van der Waals surface area contributed by atoms with E-state index in [1.165, 1.54) is 16.9 Å². The van der Waals surface area contributed by atoms with Gasteiger partial charge in [0.1, 0.15) is 18.1 Å². The second-order valence-corrected chi connectivity index (χ2v) is 8.65. The highest BCUT2D eigenvalue weighted by molar-refractivity contribution is 9.10. The number of amides is 1. The Balaban J connectivity index is 1.58. The number of thiophene rings is 1. The number of carbonyl (C=O) groups excluding carboxylic acids is 1. The zero-order valence-corrected chi connectivity index (χ0v) is 18.7. The Morgan fingerprint density at radius 1 is 1.17 bits per heavy atom. The third kappa shape index (κ3) is 4.80. The first-order chi connectivity index (χ1) is 14.6. The number of ether oxygens (including phenoxy) is 1. The average Bonchev–Trinajstić information content (AvgIpc) is 3.40. The van der Waals surface area contributed by atoms with Crippen molar-refractivity contribution in [2.45, 2.75) is 6.92 Å². The van der Waals surface area contributed by atoms with Gasteiger partial charge in [-0.25, -0.2) is 0 Å². The van der Waals surface area contributed by atoms with Gasteiger partial charge < -0.3 is 10.1 Å². The highest BCUT2D eigenvalue weighted by Crippen LogP contribution is 2.27. The molecule has 0 spiro atoms. The molecular formula is C23H20BrN3O2S. The van der Waals surface area contributed by atoms with Crippen molar-refractivity contribution in [3.8, 4) is 0 Å². The van der Waals surface area contributed by atoms with Crippen LogP contribution in [0.5, 0.6) is 0 Å². The zero-order valence-electron chi connectivity index (χ0n) is 16.3. The molecule has 7 heteroatoms. The van der Waals surface area contributed by atoms with E-state index in [1.807, 2.05) is 73.0 Å². The van der Waals surface area contributed by atoms with Crippen LogP contribution in [0.4, 0.5) is 5.69 Å². The molecule has 3 aromatic rings. The van der Waals surface area contributed by atoms with Crippen LogP contribution in [0.15, 0.2) is 81.4 Å². The van der Waals surface area contributed by atoms with Crippen molar-refractivity contribution in [2.75, 3.05) is 18.6 Å². The predicted molar refractivity (Wildman–Crippen MR) is 126 cm³/mol. The fourth-order valence-corrected chi connectivity index (χ4v) is 4.04. The smallest absolute Gasteiger partial charge is 0.256 e. The van der Waals surface area contributed by atoms with Gasteiger partial charge in [0, 0.05) is 14.9 Å². The molecule has 0 atom stereocenters. The number of hydrogen-bond acceptors (Lipinski definition) is 5. The van der Waals surface area contributed by atoms with Gasteiger partial charge in [-0.2, -0.15) is 5.10 Å². The van der Waals surface area contributed by atoms with Crippen LogP contribution < -0.4 is 10.7 Å². The highest BCUT2D eigenvalue weighted by atomic mass is 79.9. The lowest BCUT2D eigenvalue weighted by Gasteiger charge is -2.12. The maximum atomic E-state index is 12.3. The van der Waals surface area contributed by atoms with Crippen LogP contribution in [0.2, 0.25) is 0 Å². The normalized spacial score (nSPS) is 14.1. The summed E-state index contributed by atoms with van der Waals surface area (Å²) in [7, 11) is 0. The first-order valence-corrected chi connectivity index (χ1v) is 11.1. The van der Waals surface area contributed by atoms with Crippen LogP contribution >= 0.6 is 27.3 Å². The molecule has 0 saturated carbocycles. The summed E-state index contributed by atoms with van der Waals surface area (Å²) < 4.78 is 7.09. The fraction of sp³-hybridized carbons (Fsp3) is 0.130. The van der Waals surface area contributed by atoms with E-state index >= 15 is 0 Å². The largest absolute Gasteiger partial charge is 0.489 e. The topological polar surface area (TPSA) is 62.7 Å². The van der Waals surface area contributed by atoms with Gasteiger partial charge in [-0.3, -0.25) is 10.2 Å². The summed E-state index contributed by atoms with van der Waals surface area (Å²) in [4.78, 5) is 13.2. The summed E-state index contributed by atoms with van der Waals surface area (Å²) in [6.07, 6.45) is 0. The van der Waals surface area contributed by atoms with Gasteiger partial charge in [-0.05, 0) is 42.6 Å². The van der Waals surface area contributed by atoms with Crippen LogP contribution in [0.1, 0.15) is 16.0 Å². The second-order valence-electron chi connectivity index (χ2n) is 6.79. The molecule has 152 valence electrons. The summed E-state index contributed by atoms with van der Waals surface area (Å²) in [6.45, 7) is 2.67. The van der Waals surface area contributed by atoms with Crippen molar-refractivity contribution in [1.82, 2.24) is 5.32 Å². The minimum Gasteiger partial charge on any atom is -0.489 e. The Labute approximate surface area is 187 Å².